The Balaban J connectivity index is 0.00000660. The average Bonchev–Trinajstić information content (AvgIpc) is 3.35. The van der Waals surface area contributed by atoms with Crippen molar-refractivity contribution in [3.63, 3.8) is 0 Å². The predicted octanol–water partition coefficient (Wildman–Crippen LogP) is 15.3. The molecule has 0 unspecified atom stereocenters. The van der Waals surface area contributed by atoms with Gasteiger partial charge in [0.15, 0.2) is 0 Å². The molecule has 3 heterocycles. The number of hydrogen-bond donors (Lipinski definition) is 0. The molecule has 3 aromatic heterocycles. The number of hydrogen-bond acceptors (Lipinski definition) is 2. The number of ether oxygens (including phenoxy) is 1. The normalized spacial score (nSPS) is 16.1. The fraction of sp³-hybridized carbons (Fsp3) is 0.175. The largest absolute Gasteiger partial charge is 0.510 e. The summed E-state index contributed by atoms with van der Waals surface area (Å²) in [5, 5.41) is 4.54. The van der Waals surface area contributed by atoms with Gasteiger partial charge in [0.25, 0.3) is 6.33 Å². The van der Waals surface area contributed by atoms with Crippen LogP contribution in [0.4, 0.5) is 0 Å². The second-order valence-electron chi connectivity index (χ2n) is 20.0. The summed E-state index contributed by atoms with van der Waals surface area (Å²) in [7, 11) is 0. The number of rotatable bonds is 7. The van der Waals surface area contributed by atoms with Crippen LogP contribution in [-0.4, -0.2) is 14.1 Å². The van der Waals surface area contributed by atoms with Gasteiger partial charge in [0.2, 0.25) is 0 Å². The SMILES string of the molecule is [2H]c1c([2H])c([2H])c(-c2cccc(-c3c([2H])c([2H])c([2H])c([2H])c3[2H])c2-[n+]2[c-]n(-c3[c-]c(Oc4[c-]c5c(cc4)c4cc6c7c(cccc7c4n5-c4cc(C(C)(C)C)ccn4)C(C)(C)CC6(C)C)ccc3)c3ccccc32)c([2H])c1[2H].[Pt]. The Hall–Kier alpha value is -7.07. The van der Waals surface area contributed by atoms with Crippen molar-refractivity contribution >= 4 is 43.6 Å². The zero-order valence-electron chi connectivity index (χ0n) is 49.2. The molecule has 69 heavy (non-hydrogen) atoms. The van der Waals surface area contributed by atoms with E-state index < -0.39 is 60.4 Å². The van der Waals surface area contributed by atoms with Crippen molar-refractivity contribution in [3.05, 3.63) is 211 Å². The molecule has 0 aliphatic heterocycles. The Labute approximate surface area is 433 Å². The van der Waals surface area contributed by atoms with Crippen LogP contribution >= 0.6 is 0 Å². The van der Waals surface area contributed by atoms with Gasteiger partial charge in [-0.2, -0.15) is 18.2 Å². The van der Waals surface area contributed by atoms with Crippen molar-refractivity contribution in [2.45, 2.75) is 71.1 Å². The van der Waals surface area contributed by atoms with Crippen molar-refractivity contribution in [1.82, 2.24) is 14.1 Å². The van der Waals surface area contributed by atoms with Crippen LogP contribution < -0.4 is 9.30 Å². The van der Waals surface area contributed by atoms with Crippen molar-refractivity contribution < 1.29 is 44.1 Å². The molecule has 12 rings (SSSR count). The summed E-state index contributed by atoms with van der Waals surface area (Å²) >= 11 is 0. The van der Waals surface area contributed by atoms with Crippen LogP contribution in [0, 0.1) is 18.5 Å². The Morgan fingerprint density at radius 1 is 0.667 bits per heavy atom. The van der Waals surface area contributed by atoms with Gasteiger partial charge < -0.3 is 13.9 Å². The van der Waals surface area contributed by atoms with Crippen molar-refractivity contribution in [2.24, 2.45) is 0 Å². The van der Waals surface area contributed by atoms with E-state index in [1.807, 2.05) is 48.7 Å². The Bertz CT molecular complexity index is 4260. The van der Waals surface area contributed by atoms with E-state index in [1.165, 1.54) is 16.5 Å². The number of fused-ring (bicyclic) bond motifs is 5. The Morgan fingerprint density at radius 3 is 2.06 bits per heavy atom. The predicted molar refractivity (Wildman–Crippen MR) is 278 cm³/mol. The van der Waals surface area contributed by atoms with Crippen molar-refractivity contribution in [1.29, 1.82) is 0 Å². The standard InChI is InChI=1S/C63H52N4O.Pt/c1-61(2,3)43-33-34-64-57(35-43)67-56-37-46(31-32-49(56)51-38-53-58-50(60(51)67)27-18-28-52(58)62(4,5)39-63(53,6)7)68-45-24-16-23-44(36-45)65-40-66(55-30-15-14-29-54(55)65)59-47(41-19-10-8-11-20-41)25-17-26-48(59)42-21-12-9-13-22-42;/h8-35,38H,39H2,1-7H3;/q-2;/i8D,9D,10D,11D,12D,13D,19D,20D,21D,22D;. The molecule has 1 aliphatic rings. The quantitative estimate of drug-likeness (QED) is 0.118. The summed E-state index contributed by atoms with van der Waals surface area (Å²) in [6, 6.07) is 36.8. The number of aromatic nitrogens is 4. The minimum atomic E-state index is -0.571. The molecule has 8 aromatic carbocycles. The van der Waals surface area contributed by atoms with E-state index in [1.54, 1.807) is 33.4 Å². The third kappa shape index (κ3) is 7.41. The fourth-order valence-corrected chi connectivity index (χ4v) is 10.7. The van der Waals surface area contributed by atoms with Crippen LogP contribution in [0.15, 0.2) is 176 Å². The van der Waals surface area contributed by atoms with E-state index in [4.69, 9.17) is 23.4 Å². The topological polar surface area (TPSA) is 35.9 Å². The number of para-hydroxylation sites is 3. The maximum atomic E-state index is 9.07. The minimum absolute atomic E-state index is 0. The van der Waals surface area contributed by atoms with Crippen molar-refractivity contribution in [2.75, 3.05) is 0 Å². The molecule has 0 bridgehead atoms. The second-order valence-corrected chi connectivity index (χ2v) is 20.0. The van der Waals surface area contributed by atoms with E-state index >= 15 is 0 Å². The molecule has 1 aliphatic carbocycles. The van der Waals surface area contributed by atoms with Gasteiger partial charge >= 0.3 is 0 Å². The summed E-state index contributed by atoms with van der Waals surface area (Å²) in [4.78, 5) is 5.03. The molecule has 0 radical (unpaired) electrons. The van der Waals surface area contributed by atoms with E-state index in [0.717, 1.165) is 45.0 Å². The van der Waals surface area contributed by atoms with Gasteiger partial charge in [0.05, 0.1) is 30.4 Å². The molecule has 0 N–H and O–H groups in total. The third-order valence-electron chi connectivity index (χ3n) is 13.5. The van der Waals surface area contributed by atoms with Gasteiger partial charge in [-0.1, -0.05) is 181 Å². The zero-order valence-corrected chi connectivity index (χ0v) is 41.5. The summed E-state index contributed by atoms with van der Waals surface area (Å²) < 4.78 is 99.8. The van der Waals surface area contributed by atoms with Crippen LogP contribution in [0.3, 0.4) is 0 Å². The van der Waals surface area contributed by atoms with Crippen LogP contribution in [0.1, 0.15) is 85.3 Å². The van der Waals surface area contributed by atoms with Crippen LogP contribution in [0.5, 0.6) is 11.5 Å². The first kappa shape index (κ1) is 34.2. The van der Waals surface area contributed by atoms with Gasteiger partial charge in [-0.05, 0) is 90.2 Å². The van der Waals surface area contributed by atoms with Gasteiger partial charge in [0, 0.05) is 49.7 Å². The minimum Gasteiger partial charge on any atom is -0.510 e. The molecule has 0 spiro atoms. The summed E-state index contributed by atoms with van der Waals surface area (Å²) in [5.41, 5.74) is 7.18. The van der Waals surface area contributed by atoms with Crippen LogP contribution in [-0.2, 0) is 37.3 Å². The molecule has 11 aromatic rings. The van der Waals surface area contributed by atoms with E-state index in [9.17, 15) is 0 Å². The zero-order chi connectivity index (χ0) is 55.2. The fourth-order valence-electron chi connectivity index (χ4n) is 10.7. The van der Waals surface area contributed by atoms with Gasteiger partial charge in [-0.15, -0.1) is 29.7 Å². The molecule has 5 nitrogen and oxygen atoms in total. The number of benzene rings is 8. The first-order valence-electron chi connectivity index (χ1n) is 27.9. The van der Waals surface area contributed by atoms with Gasteiger partial charge in [-0.25, -0.2) is 4.98 Å². The number of imidazole rings is 1. The average molecular weight is 1090 g/mol. The number of pyridine rings is 1. The maximum Gasteiger partial charge on any atom is 0.268 e. The monoisotopic (exact) mass is 1090 g/mol. The van der Waals surface area contributed by atoms with E-state index in [0.29, 0.717) is 28.2 Å². The van der Waals surface area contributed by atoms with E-state index in [2.05, 4.69) is 114 Å². The molecule has 0 saturated heterocycles. The smallest absolute Gasteiger partial charge is 0.268 e. The molecule has 0 atom stereocenters. The second kappa shape index (κ2) is 16.6. The first-order chi connectivity index (χ1) is 37.0. The van der Waals surface area contributed by atoms with Crippen LogP contribution in [0.2, 0.25) is 0 Å². The van der Waals surface area contributed by atoms with E-state index in [-0.39, 0.29) is 65.3 Å². The Kier molecular flexibility index (Phi) is 8.22. The Morgan fingerprint density at radius 2 is 1.33 bits per heavy atom. The molecule has 0 saturated carbocycles. The summed E-state index contributed by atoms with van der Waals surface area (Å²) in [6.07, 6.45) is 6.32. The molecular weight excluding hydrogens is 1020 g/mol. The summed E-state index contributed by atoms with van der Waals surface area (Å²) in [6.45, 7) is 16.0. The summed E-state index contributed by atoms with van der Waals surface area (Å²) in [5.74, 6) is 1.57. The van der Waals surface area contributed by atoms with Crippen LogP contribution in [0.25, 0.3) is 83.1 Å². The van der Waals surface area contributed by atoms with Gasteiger partial charge in [-0.3, -0.25) is 4.57 Å². The third-order valence-corrected chi connectivity index (χ3v) is 13.5. The number of nitrogens with zero attached hydrogens (tertiary/aromatic N) is 4. The molecule has 342 valence electrons. The molecular formula is C63H52N4OPt-2. The molecule has 0 amide bonds. The van der Waals surface area contributed by atoms with Crippen molar-refractivity contribution in [3.8, 4) is 50.9 Å². The first-order valence-corrected chi connectivity index (χ1v) is 22.9. The molecule has 6 heteroatoms. The maximum absolute atomic E-state index is 9.07. The van der Waals surface area contributed by atoms with Gasteiger partial charge in [0.1, 0.15) is 5.82 Å². The molecule has 0 fully saturated rings.